The van der Waals surface area contributed by atoms with Crippen LogP contribution in [0, 0.1) is 0 Å². The van der Waals surface area contributed by atoms with E-state index < -0.39 is 29.9 Å². The number of aliphatic carboxylic acids is 1. The molecule has 0 spiro atoms. The van der Waals surface area contributed by atoms with Crippen molar-refractivity contribution in [2.75, 3.05) is 16.8 Å². The third kappa shape index (κ3) is 4.60. The van der Waals surface area contributed by atoms with Crippen LogP contribution in [0.3, 0.4) is 0 Å². The SMILES string of the molecule is CC(=O)N(c1ccc(Cl)cc1)[C@@H]1CC(C)(C(=O)c2cc(OCC(=O)O)no2)Nc2ccccc21. The molecule has 1 aliphatic heterocycles. The standard InChI is InChI=1S/C24H22ClN3O6/c1-14(29)28(16-9-7-15(25)8-10-16)19-12-24(2,26-18-6-4-3-5-17(18)19)23(32)20-11-21(27-34-20)33-13-22(30)31/h3-11,19,26H,12-13H2,1-2H3,(H,30,31)/t19-,24?/m1/s1. The Hall–Kier alpha value is -3.85. The van der Waals surface area contributed by atoms with Crippen LogP contribution in [0.2, 0.25) is 5.02 Å². The molecule has 9 nitrogen and oxygen atoms in total. The Kier molecular flexibility index (Phi) is 6.30. The lowest BCUT2D eigenvalue weighted by molar-refractivity contribution is -0.139. The molecule has 0 bridgehead atoms. The van der Waals surface area contributed by atoms with Crippen molar-refractivity contribution in [2.24, 2.45) is 0 Å². The van der Waals surface area contributed by atoms with Gasteiger partial charge in [-0.1, -0.05) is 29.8 Å². The van der Waals surface area contributed by atoms with Crippen molar-refractivity contribution in [3.8, 4) is 5.88 Å². The van der Waals surface area contributed by atoms with Crippen LogP contribution in [0.4, 0.5) is 11.4 Å². The molecule has 10 heteroatoms. The maximum absolute atomic E-state index is 13.5. The molecular formula is C24H22ClN3O6. The van der Waals surface area contributed by atoms with Gasteiger partial charge in [0.05, 0.1) is 12.1 Å². The number of hydrogen-bond acceptors (Lipinski definition) is 7. The summed E-state index contributed by atoms with van der Waals surface area (Å²) in [5.74, 6) is -1.97. The fourth-order valence-corrected chi connectivity index (χ4v) is 4.28. The second kappa shape index (κ2) is 9.18. The Labute approximate surface area is 200 Å². The third-order valence-electron chi connectivity index (χ3n) is 5.64. The lowest BCUT2D eigenvalue weighted by Crippen LogP contribution is -2.51. The molecule has 0 saturated heterocycles. The van der Waals surface area contributed by atoms with Crippen LogP contribution in [0.15, 0.2) is 59.1 Å². The molecule has 1 unspecified atom stereocenters. The van der Waals surface area contributed by atoms with Gasteiger partial charge >= 0.3 is 5.97 Å². The summed E-state index contributed by atoms with van der Waals surface area (Å²) in [7, 11) is 0. The fraction of sp³-hybridized carbons (Fsp3) is 0.250. The summed E-state index contributed by atoms with van der Waals surface area (Å²) in [6, 6.07) is 15.2. The van der Waals surface area contributed by atoms with Crippen molar-refractivity contribution in [1.29, 1.82) is 0 Å². The van der Waals surface area contributed by atoms with E-state index in [1.807, 2.05) is 24.3 Å². The van der Waals surface area contributed by atoms with Gasteiger partial charge in [0, 0.05) is 29.7 Å². The number of benzene rings is 2. The highest BCUT2D eigenvalue weighted by Gasteiger charge is 2.45. The average Bonchev–Trinajstić information content (AvgIpc) is 3.27. The van der Waals surface area contributed by atoms with E-state index in [1.165, 1.54) is 13.0 Å². The van der Waals surface area contributed by atoms with Crippen molar-refractivity contribution >= 4 is 40.6 Å². The Bertz CT molecular complexity index is 1240. The van der Waals surface area contributed by atoms with Crippen molar-refractivity contribution in [3.05, 3.63) is 70.9 Å². The first-order valence-corrected chi connectivity index (χ1v) is 10.8. The number of Topliss-reactive ketones (excluding diaryl/α,β-unsaturated/α-hetero) is 1. The number of anilines is 2. The summed E-state index contributed by atoms with van der Waals surface area (Å²) in [6.07, 6.45) is 0.233. The van der Waals surface area contributed by atoms with Crippen LogP contribution in [0.25, 0.3) is 0 Å². The number of amides is 1. The van der Waals surface area contributed by atoms with E-state index in [9.17, 15) is 14.4 Å². The number of carboxylic acid groups (broad SMARTS) is 1. The molecule has 0 aliphatic carbocycles. The summed E-state index contributed by atoms with van der Waals surface area (Å²) in [5, 5.41) is 16.2. The van der Waals surface area contributed by atoms with Gasteiger partial charge < -0.3 is 24.6 Å². The van der Waals surface area contributed by atoms with Gasteiger partial charge in [-0.25, -0.2) is 4.79 Å². The highest BCUT2D eigenvalue weighted by molar-refractivity contribution is 6.30. The largest absolute Gasteiger partial charge is 0.479 e. The summed E-state index contributed by atoms with van der Waals surface area (Å²) in [5.41, 5.74) is 1.05. The third-order valence-corrected chi connectivity index (χ3v) is 5.90. The second-order valence-corrected chi connectivity index (χ2v) is 8.61. The summed E-state index contributed by atoms with van der Waals surface area (Å²) in [4.78, 5) is 38.7. The van der Waals surface area contributed by atoms with E-state index in [2.05, 4.69) is 10.5 Å². The first-order valence-electron chi connectivity index (χ1n) is 10.5. The summed E-state index contributed by atoms with van der Waals surface area (Å²) < 4.78 is 10.1. The van der Waals surface area contributed by atoms with Crippen LogP contribution in [0.5, 0.6) is 5.88 Å². The van der Waals surface area contributed by atoms with Crippen LogP contribution in [-0.4, -0.2) is 40.1 Å². The van der Waals surface area contributed by atoms with Crippen molar-refractivity contribution < 1.29 is 28.8 Å². The molecule has 1 amide bonds. The lowest BCUT2D eigenvalue weighted by atomic mass is 9.79. The van der Waals surface area contributed by atoms with E-state index >= 15 is 0 Å². The van der Waals surface area contributed by atoms with Gasteiger partial charge in [0.25, 0.3) is 5.88 Å². The molecule has 0 fully saturated rings. The highest BCUT2D eigenvalue weighted by Crippen LogP contribution is 2.44. The Morgan fingerprint density at radius 1 is 1.24 bits per heavy atom. The molecular weight excluding hydrogens is 462 g/mol. The van der Waals surface area contributed by atoms with Crippen molar-refractivity contribution in [1.82, 2.24) is 5.16 Å². The molecule has 1 aliphatic rings. The average molecular weight is 484 g/mol. The monoisotopic (exact) mass is 483 g/mol. The number of aromatic nitrogens is 1. The first kappa shape index (κ1) is 23.3. The number of para-hydroxylation sites is 1. The Balaban J connectivity index is 1.70. The van der Waals surface area contributed by atoms with Crippen LogP contribution >= 0.6 is 11.6 Å². The molecule has 2 N–H and O–H groups in total. The zero-order valence-electron chi connectivity index (χ0n) is 18.4. The highest BCUT2D eigenvalue weighted by atomic mass is 35.5. The smallest absolute Gasteiger partial charge is 0.341 e. The molecule has 2 aromatic carbocycles. The number of carbonyl (C=O) groups is 3. The van der Waals surface area contributed by atoms with Gasteiger partial charge in [-0.05, 0) is 48.0 Å². The van der Waals surface area contributed by atoms with Crippen molar-refractivity contribution in [3.63, 3.8) is 0 Å². The molecule has 0 radical (unpaired) electrons. The normalized spacial score (nSPS) is 19.0. The maximum Gasteiger partial charge on any atom is 0.341 e. The number of nitrogens with one attached hydrogen (secondary N) is 1. The number of carboxylic acids is 1. The van der Waals surface area contributed by atoms with Crippen molar-refractivity contribution in [2.45, 2.75) is 31.8 Å². The summed E-state index contributed by atoms with van der Waals surface area (Å²) >= 11 is 6.04. The molecule has 176 valence electrons. The minimum atomic E-state index is -1.18. The number of hydrogen-bond donors (Lipinski definition) is 2. The van der Waals surface area contributed by atoms with E-state index in [1.54, 1.807) is 36.1 Å². The number of rotatable bonds is 7. The number of ether oxygens (including phenoxy) is 1. The van der Waals surface area contributed by atoms with Gasteiger partial charge in [-0.3, -0.25) is 9.59 Å². The number of halogens is 1. The molecule has 0 saturated carbocycles. The molecule has 3 aromatic rings. The topological polar surface area (TPSA) is 122 Å². The van der Waals surface area contributed by atoms with E-state index in [-0.39, 0.29) is 24.0 Å². The fourth-order valence-electron chi connectivity index (χ4n) is 4.15. The molecule has 2 atom stereocenters. The summed E-state index contributed by atoms with van der Waals surface area (Å²) in [6.45, 7) is 2.58. The van der Waals surface area contributed by atoms with Crippen LogP contribution in [0.1, 0.15) is 42.4 Å². The quantitative estimate of drug-likeness (QED) is 0.476. The lowest BCUT2D eigenvalue weighted by Gasteiger charge is -2.43. The number of ketones is 1. The number of nitrogens with zero attached hydrogens (tertiary/aromatic N) is 2. The molecule has 4 rings (SSSR count). The molecule has 2 heterocycles. The van der Waals surface area contributed by atoms with Gasteiger partial charge in [0.15, 0.2) is 6.61 Å². The minimum Gasteiger partial charge on any atom is -0.479 e. The van der Waals surface area contributed by atoms with Crippen LogP contribution < -0.4 is 15.0 Å². The molecule has 1 aromatic heterocycles. The van der Waals surface area contributed by atoms with Crippen LogP contribution in [-0.2, 0) is 9.59 Å². The zero-order chi connectivity index (χ0) is 24.5. The van der Waals surface area contributed by atoms with Gasteiger partial charge in [-0.15, -0.1) is 0 Å². The van der Waals surface area contributed by atoms with E-state index in [4.69, 9.17) is 26.0 Å². The van der Waals surface area contributed by atoms with Gasteiger partial charge in [0.2, 0.25) is 17.5 Å². The number of carbonyl (C=O) groups excluding carboxylic acids is 2. The van der Waals surface area contributed by atoms with E-state index in [0.717, 1.165) is 5.56 Å². The van der Waals surface area contributed by atoms with E-state index in [0.29, 0.717) is 16.4 Å². The Morgan fingerprint density at radius 3 is 2.62 bits per heavy atom. The minimum absolute atomic E-state index is 0.0885. The van der Waals surface area contributed by atoms with Gasteiger partial charge in [-0.2, -0.15) is 0 Å². The predicted molar refractivity (Wildman–Crippen MR) is 124 cm³/mol. The Morgan fingerprint density at radius 2 is 1.94 bits per heavy atom. The van der Waals surface area contributed by atoms with Gasteiger partial charge in [0.1, 0.15) is 5.54 Å². The second-order valence-electron chi connectivity index (χ2n) is 8.17. The first-order chi connectivity index (χ1) is 16.2. The maximum atomic E-state index is 13.5. The zero-order valence-corrected chi connectivity index (χ0v) is 19.2. The molecule has 34 heavy (non-hydrogen) atoms. The number of fused-ring (bicyclic) bond motifs is 1. The predicted octanol–water partition coefficient (Wildman–Crippen LogP) is 4.34.